The van der Waals surface area contributed by atoms with E-state index in [1.807, 2.05) is 0 Å². The van der Waals surface area contributed by atoms with E-state index in [1.54, 1.807) is 0 Å². The highest BCUT2D eigenvalue weighted by atomic mass is 16.5. The van der Waals surface area contributed by atoms with E-state index in [2.05, 4.69) is 30.6 Å². The fourth-order valence-electron chi connectivity index (χ4n) is 2.75. The van der Waals surface area contributed by atoms with Gasteiger partial charge in [0.25, 0.3) is 0 Å². The summed E-state index contributed by atoms with van der Waals surface area (Å²) in [6, 6.07) is 0. The van der Waals surface area contributed by atoms with Gasteiger partial charge in [-0.25, -0.2) is 5.84 Å². The number of hydrogen-bond donors (Lipinski definition) is 3. The average molecular weight is 293 g/mol. The van der Waals surface area contributed by atoms with Gasteiger partial charge < -0.3 is 15.0 Å². The molecule has 1 atom stereocenters. The SMILES string of the molecule is NNc1nc(NCC2CCCO2)nc(N2CCCCC2)n1. The van der Waals surface area contributed by atoms with Crippen molar-refractivity contribution in [1.82, 2.24) is 15.0 Å². The van der Waals surface area contributed by atoms with Gasteiger partial charge in [-0.15, -0.1) is 0 Å². The normalized spacial score (nSPS) is 22.3. The first kappa shape index (κ1) is 14.3. The van der Waals surface area contributed by atoms with Crippen LogP contribution in [0.25, 0.3) is 0 Å². The molecule has 0 amide bonds. The predicted molar refractivity (Wildman–Crippen MR) is 81.2 cm³/mol. The highest BCUT2D eigenvalue weighted by molar-refractivity contribution is 5.43. The minimum Gasteiger partial charge on any atom is -0.376 e. The maximum atomic E-state index is 5.59. The Kier molecular flexibility index (Phi) is 4.66. The molecule has 2 fully saturated rings. The van der Waals surface area contributed by atoms with Crippen molar-refractivity contribution in [1.29, 1.82) is 0 Å². The molecule has 3 rings (SSSR count). The van der Waals surface area contributed by atoms with Crippen molar-refractivity contribution in [2.24, 2.45) is 5.84 Å². The van der Waals surface area contributed by atoms with E-state index < -0.39 is 0 Å². The van der Waals surface area contributed by atoms with E-state index in [-0.39, 0.29) is 6.10 Å². The lowest BCUT2D eigenvalue weighted by atomic mass is 10.1. The van der Waals surface area contributed by atoms with Gasteiger partial charge in [-0.2, -0.15) is 15.0 Å². The number of piperidine rings is 1. The Hall–Kier alpha value is -1.67. The zero-order valence-corrected chi connectivity index (χ0v) is 12.2. The van der Waals surface area contributed by atoms with Crippen LogP contribution in [0, 0.1) is 0 Å². The van der Waals surface area contributed by atoms with Gasteiger partial charge in [-0.3, -0.25) is 5.43 Å². The third-order valence-corrected chi connectivity index (χ3v) is 3.90. The molecule has 0 aromatic carbocycles. The number of hydrogen-bond acceptors (Lipinski definition) is 8. The van der Waals surface area contributed by atoms with E-state index in [9.17, 15) is 0 Å². The Morgan fingerprint density at radius 1 is 1.10 bits per heavy atom. The molecule has 8 nitrogen and oxygen atoms in total. The molecule has 0 aliphatic carbocycles. The Morgan fingerprint density at radius 2 is 1.90 bits per heavy atom. The molecule has 1 aromatic rings. The lowest BCUT2D eigenvalue weighted by Gasteiger charge is -2.27. The van der Waals surface area contributed by atoms with Crippen LogP contribution in [0.15, 0.2) is 0 Å². The molecule has 8 heteroatoms. The number of nitrogens with one attached hydrogen (secondary N) is 2. The van der Waals surface area contributed by atoms with E-state index in [0.29, 0.717) is 24.4 Å². The first-order chi connectivity index (χ1) is 10.3. The number of ether oxygens (including phenoxy) is 1. The highest BCUT2D eigenvalue weighted by Crippen LogP contribution is 2.19. The molecule has 3 heterocycles. The van der Waals surface area contributed by atoms with Crippen LogP contribution < -0.4 is 21.5 Å². The molecule has 0 spiro atoms. The first-order valence-corrected chi connectivity index (χ1v) is 7.68. The Labute approximate surface area is 124 Å². The molecule has 21 heavy (non-hydrogen) atoms. The second-order valence-corrected chi connectivity index (χ2v) is 5.49. The van der Waals surface area contributed by atoms with Crippen LogP contribution in [0.4, 0.5) is 17.8 Å². The number of nitrogens with zero attached hydrogens (tertiary/aromatic N) is 4. The van der Waals surface area contributed by atoms with Gasteiger partial charge in [-0.05, 0) is 32.1 Å². The summed E-state index contributed by atoms with van der Waals surface area (Å²) in [6.07, 6.45) is 6.07. The van der Waals surface area contributed by atoms with Crippen LogP contribution in [0.2, 0.25) is 0 Å². The first-order valence-electron chi connectivity index (χ1n) is 7.68. The van der Waals surface area contributed by atoms with E-state index in [4.69, 9.17) is 10.6 Å². The zero-order chi connectivity index (χ0) is 14.5. The molecule has 0 radical (unpaired) electrons. The molecule has 0 saturated carbocycles. The van der Waals surface area contributed by atoms with E-state index >= 15 is 0 Å². The molecule has 4 N–H and O–H groups in total. The van der Waals surface area contributed by atoms with Crippen molar-refractivity contribution in [3.05, 3.63) is 0 Å². The van der Waals surface area contributed by atoms with E-state index in [0.717, 1.165) is 32.5 Å². The largest absolute Gasteiger partial charge is 0.376 e. The molecule has 2 saturated heterocycles. The number of hydrazine groups is 1. The number of anilines is 3. The summed E-state index contributed by atoms with van der Waals surface area (Å²) in [5.41, 5.74) is 2.51. The quantitative estimate of drug-likeness (QED) is 0.540. The summed E-state index contributed by atoms with van der Waals surface area (Å²) in [5, 5.41) is 3.23. The lowest BCUT2D eigenvalue weighted by Crippen LogP contribution is -2.32. The van der Waals surface area contributed by atoms with Gasteiger partial charge >= 0.3 is 0 Å². The van der Waals surface area contributed by atoms with Crippen LogP contribution in [-0.2, 0) is 4.74 Å². The summed E-state index contributed by atoms with van der Waals surface area (Å²) in [6.45, 7) is 3.53. The van der Waals surface area contributed by atoms with Crippen molar-refractivity contribution in [3.63, 3.8) is 0 Å². The summed E-state index contributed by atoms with van der Waals surface area (Å²) < 4.78 is 5.59. The predicted octanol–water partition coefficient (Wildman–Crippen LogP) is 0.738. The van der Waals surface area contributed by atoms with Gasteiger partial charge in [0.15, 0.2) is 0 Å². The Balaban J connectivity index is 1.69. The van der Waals surface area contributed by atoms with Crippen LogP contribution in [0.3, 0.4) is 0 Å². The number of nitrogens with two attached hydrogens (primary N) is 1. The summed E-state index contributed by atoms with van der Waals surface area (Å²) in [4.78, 5) is 15.3. The van der Waals surface area contributed by atoms with Crippen LogP contribution >= 0.6 is 0 Å². The summed E-state index contributed by atoms with van der Waals surface area (Å²) in [7, 11) is 0. The van der Waals surface area contributed by atoms with Crippen LogP contribution in [-0.4, -0.2) is 47.3 Å². The maximum Gasteiger partial charge on any atom is 0.243 e. The van der Waals surface area contributed by atoms with Crippen molar-refractivity contribution >= 4 is 17.8 Å². The van der Waals surface area contributed by atoms with Crippen LogP contribution in [0.5, 0.6) is 0 Å². The van der Waals surface area contributed by atoms with E-state index in [1.165, 1.54) is 19.3 Å². The monoisotopic (exact) mass is 293 g/mol. The molecule has 2 aliphatic heterocycles. The standard InChI is InChI=1S/C13H23N7O/c14-19-12-16-11(15-9-10-5-4-8-21-10)17-13(18-12)20-6-2-1-3-7-20/h10H,1-9,14H2,(H2,15,16,17,18,19). The number of nitrogen functional groups attached to an aromatic ring is 1. The second-order valence-electron chi connectivity index (χ2n) is 5.49. The van der Waals surface area contributed by atoms with Gasteiger partial charge in [0.2, 0.25) is 17.8 Å². The highest BCUT2D eigenvalue weighted by Gasteiger charge is 2.18. The number of aromatic nitrogens is 3. The van der Waals surface area contributed by atoms with Gasteiger partial charge in [0, 0.05) is 26.2 Å². The maximum absolute atomic E-state index is 5.59. The van der Waals surface area contributed by atoms with Gasteiger partial charge in [-0.1, -0.05) is 0 Å². The van der Waals surface area contributed by atoms with Crippen molar-refractivity contribution in [3.8, 4) is 0 Å². The zero-order valence-electron chi connectivity index (χ0n) is 12.2. The van der Waals surface area contributed by atoms with Gasteiger partial charge in [0.1, 0.15) is 0 Å². The average Bonchev–Trinajstić information content (AvgIpc) is 3.07. The number of rotatable bonds is 5. The summed E-state index contributed by atoms with van der Waals surface area (Å²) >= 11 is 0. The second kappa shape index (κ2) is 6.86. The molecule has 2 aliphatic rings. The molecular weight excluding hydrogens is 270 g/mol. The smallest absolute Gasteiger partial charge is 0.243 e. The third kappa shape index (κ3) is 3.70. The third-order valence-electron chi connectivity index (χ3n) is 3.90. The fourth-order valence-corrected chi connectivity index (χ4v) is 2.75. The molecular formula is C13H23N7O. The minimum absolute atomic E-state index is 0.245. The topological polar surface area (TPSA) is 101 Å². The van der Waals surface area contributed by atoms with Crippen molar-refractivity contribution < 1.29 is 4.74 Å². The Morgan fingerprint density at radius 3 is 2.62 bits per heavy atom. The fraction of sp³-hybridized carbons (Fsp3) is 0.769. The molecule has 116 valence electrons. The Bertz CT molecular complexity index is 458. The van der Waals surface area contributed by atoms with Crippen molar-refractivity contribution in [2.75, 3.05) is 41.9 Å². The van der Waals surface area contributed by atoms with Crippen molar-refractivity contribution in [2.45, 2.75) is 38.2 Å². The van der Waals surface area contributed by atoms with Crippen LogP contribution in [0.1, 0.15) is 32.1 Å². The summed E-state index contributed by atoms with van der Waals surface area (Å²) in [5.74, 6) is 7.09. The molecule has 1 unspecified atom stereocenters. The molecule has 0 bridgehead atoms. The molecule has 1 aromatic heterocycles. The van der Waals surface area contributed by atoms with Gasteiger partial charge in [0.05, 0.1) is 6.10 Å². The minimum atomic E-state index is 0.245. The lowest BCUT2D eigenvalue weighted by molar-refractivity contribution is 0.120.